The van der Waals surface area contributed by atoms with Crippen molar-refractivity contribution in [3.05, 3.63) is 111 Å². The van der Waals surface area contributed by atoms with E-state index in [0.29, 0.717) is 5.57 Å². The van der Waals surface area contributed by atoms with E-state index < -0.39 is 11.9 Å². The average Bonchev–Trinajstić information content (AvgIpc) is 3.07. The van der Waals surface area contributed by atoms with Crippen LogP contribution in [0.3, 0.4) is 0 Å². The molecule has 0 amide bonds. The van der Waals surface area contributed by atoms with Crippen molar-refractivity contribution in [3.8, 4) is 0 Å². The number of benzene rings is 1. The van der Waals surface area contributed by atoms with Crippen LogP contribution in [0, 0.1) is 5.92 Å². The first-order chi connectivity index (χ1) is 15.4. The minimum atomic E-state index is -0.587. The molecule has 0 heterocycles. The van der Waals surface area contributed by atoms with Crippen LogP contribution in [0.5, 0.6) is 0 Å². The lowest BCUT2D eigenvalue weighted by Crippen LogP contribution is -2.17. The molecule has 1 aromatic carbocycles. The van der Waals surface area contributed by atoms with Crippen LogP contribution in [0.15, 0.2) is 106 Å². The highest BCUT2D eigenvalue weighted by atomic mass is 16.5. The number of hydrogen-bond acceptors (Lipinski definition) is 4. The SMILES string of the molecule is COC(=O)C1=CC=C(/C=C/c2ccccc2)C2=CC(C(C)C)=CC=C(C)C2=C1C(=O)OC. The van der Waals surface area contributed by atoms with Gasteiger partial charge in [-0.05, 0) is 46.8 Å². The first-order valence-corrected chi connectivity index (χ1v) is 10.5. The van der Waals surface area contributed by atoms with Crippen molar-refractivity contribution in [2.45, 2.75) is 20.8 Å². The van der Waals surface area contributed by atoms with Gasteiger partial charge in [0, 0.05) is 5.57 Å². The van der Waals surface area contributed by atoms with Crippen molar-refractivity contribution >= 4 is 18.0 Å². The van der Waals surface area contributed by atoms with Gasteiger partial charge < -0.3 is 9.47 Å². The topological polar surface area (TPSA) is 52.6 Å². The maximum absolute atomic E-state index is 12.9. The summed E-state index contributed by atoms with van der Waals surface area (Å²) in [5, 5.41) is 0. The summed E-state index contributed by atoms with van der Waals surface area (Å²) in [5.74, 6) is -0.885. The zero-order chi connectivity index (χ0) is 23.3. The molecule has 0 fully saturated rings. The molecule has 0 N–H and O–H groups in total. The van der Waals surface area contributed by atoms with Gasteiger partial charge in [-0.25, -0.2) is 9.59 Å². The third-order valence-corrected chi connectivity index (χ3v) is 5.48. The fourth-order valence-electron chi connectivity index (χ4n) is 3.69. The van der Waals surface area contributed by atoms with Crippen molar-refractivity contribution in [3.63, 3.8) is 0 Å². The standard InChI is InChI=1S/C28H28O4/c1-18(2)22-13-11-19(3)25-24(17-22)21(14-12-20-9-7-6-8-10-20)15-16-23(27(29)31-4)26(25)28(30)32-5/h6-18H,1-5H3/b14-12+. The Hall–Kier alpha value is -3.66. The fourth-order valence-corrected chi connectivity index (χ4v) is 3.69. The number of hydrogen-bond donors (Lipinski definition) is 0. The van der Waals surface area contributed by atoms with Gasteiger partial charge in [0.25, 0.3) is 0 Å². The number of methoxy groups -OCH3 is 2. The van der Waals surface area contributed by atoms with Gasteiger partial charge in [-0.2, -0.15) is 0 Å². The zero-order valence-electron chi connectivity index (χ0n) is 19.1. The molecule has 0 saturated carbocycles. The van der Waals surface area contributed by atoms with E-state index in [0.717, 1.165) is 27.9 Å². The smallest absolute Gasteiger partial charge is 0.339 e. The van der Waals surface area contributed by atoms with Crippen LogP contribution in [0.4, 0.5) is 0 Å². The molecular weight excluding hydrogens is 400 g/mol. The third-order valence-electron chi connectivity index (χ3n) is 5.48. The number of carbonyl (C=O) groups excluding carboxylic acids is 2. The van der Waals surface area contributed by atoms with Crippen molar-refractivity contribution in [2.24, 2.45) is 5.92 Å². The molecule has 0 spiro atoms. The van der Waals surface area contributed by atoms with E-state index in [1.54, 1.807) is 6.08 Å². The van der Waals surface area contributed by atoms with Gasteiger partial charge in [-0.3, -0.25) is 0 Å². The lowest BCUT2D eigenvalue weighted by atomic mass is 9.86. The lowest BCUT2D eigenvalue weighted by Gasteiger charge is -2.18. The van der Waals surface area contributed by atoms with Crippen LogP contribution in [-0.4, -0.2) is 26.2 Å². The molecule has 0 saturated heterocycles. The summed E-state index contributed by atoms with van der Waals surface area (Å²) < 4.78 is 10.1. The summed E-state index contributed by atoms with van der Waals surface area (Å²) in [7, 11) is 2.62. The van der Waals surface area contributed by atoms with Crippen molar-refractivity contribution in [1.29, 1.82) is 0 Å². The molecular formula is C28H28O4. The van der Waals surface area contributed by atoms with Crippen LogP contribution in [-0.2, 0) is 19.1 Å². The zero-order valence-corrected chi connectivity index (χ0v) is 19.1. The van der Waals surface area contributed by atoms with E-state index in [2.05, 4.69) is 26.0 Å². The minimum absolute atomic E-state index is 0.170. The highest BCUT2D eigenvalue weighted by Crippen LogP contribution is 2.39. The monoisotopic (exact) mass is 428 g/mol. The van der Waals surface area contributed by atoms with Gasteiger partial charge in [0.2, 0.25) is 0 Å². The van der Waals surface area contributed by atoms with Crippen molar-refractivity contribution in [1.82, 2.24) is 0 Å². The number of fused-ring (bicyclic) bond motifs is 1. The molecule has 0 aliphatic heterocycles. The summed E-state index contributed by atoms with van der Waals surface area (Å²) in [6.07, 6.45) is 13.6. The lowest BCUT2D eigenvalue weighted by molar-refractivity contribution is -0.139. The van der Waals surface area contributed by atoms with Gasteiger partial charge in [0.15, 0.2) is 0 Å². The van der Waals surface area contributed by atoms with Crippen LogP contribution < -0.4 is 0 Å². The van der Waals surface area contributed by atoms with Crippen LogP contribution in [0.1, 0.15) is 26.3 Å². The first-order valence-electron chi connectivity index (χ1n) is 10.5. The Bertz CT molecular complexity index is 1130. The van der Waals surface area contributed by atoms with Crippen molar-refractivity contribution < 1.29 is 19.1 Å². The molecule has 3 rings (SSSR count). The average molecular weight is 429 g/mol. The highest BCUT2D eigenvalue weighted by molar-refractivity contribution is 6.09. The third kappa shape index (κ3) is 4.80. The molecule has 0 radical (unpaired) electrons. The van der Waals surface area contributed by atoms with Gasteiger partial charge in [-0.1, -0.05) is 80.6 Å². The summed E-state index contributed by atoms with van der Waals surface area (Å²) >= 11 is 0. The van der Waals surface area contributed by atoms with Gasteiger partial charge in [-0.15, -0.1) is 0 Å². The van der Waals surface area contributed by atoms with E-state index in [1.165, 1.54) is 14.2 Å². The molecule has 0 unspecified atom stereocenters. The van der Waals surface area contributed by atoms with E-state index in [1.807, 2.05) is 61.6 Å². The van der Waals surface area contributed by atoms with Gasteiger partial charge in [0.05, 0.1) is 25.4 Å². The quantitative estimate of drug-likeness (QED) is 0.567. The largest absolute Gasteiger partial charge is 0.465 e. The maximum atomic E-state index is 12.9. The molecule has 0 aromatic heterocycles. The molecule has 2 aliphatic carbocycles. The summed E-state index contributed by atoms with van der Waals surface area (Å²) in [6.45, 7) is 6.19. The Morgan fingerprint density at radius 3 is 2.19 bits per heavy atom. The van der Waals surface area contributed by atoms with Crippen LogP contribution >= 0.6 is 0 Å². The molecule has 32 heavy (non-hydrogen) atoms. The summed E-state index contributed by atoms with van der Waals surface area (Å²) in [5.41, 5.74) is 5.82. The molecule has 4 heteroatoms. The Labute approximate surface area is 189 Å². The van der Waals surface area contributed by atoms with Crippen LogP contribution in [0.25, 0.3) is 6.08 Å². The number of allylic oxidation sites excluding steroid dienone is 11. The maximum Gasteiger partial charge on any atom is 0.339 e. The summed E-state index contributed by atoms with van der Waals surface area (Å²) in [6, 6.07) is 9.97. The van der Waals surface area contributed by atoms with Crippen molar-refractivity contribution in [2.75, 3.05) is 14.2 Å². The second-order valence-corrected chi connectivity index (χ2v) is 7.91. The second-order valence-electron chi connectivity index (χ2n) is 7.91. The fraction of sp³-hybridized carbons (Fsp3) is 0.214. The van der Waals surface area contributed by atoms with E-state index in [4.69, 9.17) is 9.47 Å². The summed E-state index contributed by atoms with van der Waals surface area (Å²) in [4.78, 5) is 25.6. The molecule has 0 bridgehead atoms. The van der Waals surface area contributed by atoms with Crippen LogP contribution in [0.2, 0.25) is 0 Å². The second kappa shape index (κ2) is 10.1. The molecule has 0 atom stereocenters. The Morgan fingerprint density at radius 1 is 0.875 bits per heavy atom. The predicted molar refractivity (Wildman–Crippen MR) is 127 cm³/mol. The van der Waals surface area contributed by atoms with Gasteiger partial charge in [0.1, 0.15) is 0 Å². The van der Waals surface area contributed by atoms with E-state index >= 15 is 0 Å². The number of rotatable bonds is 5. The Kier molecular flexibility index (Phi) is 7.26. The molecule has 2 aliphatic rings. The normalized spacial score (nSPS) is 16.2. The Balaban J connectivity index is 2.32. The van der Waals surface area contributed by atoms with Gasteiger partial charge >= 0.3 is 11.9 Å². The number of esters is 2. The Morgan fingerprint density at radius 2 is 1.56 bits per heavy atom. The molecule has 1 aromatic rings. The first kappa shape index (κ1) is 23.0. The number of carbonyl (C=O) groups is 2. The number of ether oxygens (including phenoxy) is 2. The predicted octanol–water partition coefficient (Wildman–Crippen LogP) is 5.68. The molecule has 164 valence electrons. The highest BCUT2D eigenvalue weighted by Gasteiger charge is 2.31. The molecule has 4 nitrogen and oxygen atoms in total. The minimum Gasteiger partial charge on any atom is -0.465 e. The van der Waals surface area contributed by atoms with E-state index in [9.17, 15) is 9.59 Å². The van der Waals surface area contributed by atoms with E-state index in [-0.39, 0.29) is 17.1 Å².